The first-order valence-corrected chi connectivity index (χ1v) is 10.7. The number of hydrogen-bond acceptors (Lipinski definition) is 2. The van der Waals surface area contributed by atoms with Gasteiger partial charge in [0, 0.05) is 11.6 Å². The number of rotatable bonds is 1. The Kier molecular flexibility index (Phi) is 3.85. The molecule has 1 aromatic rings. The van der Waals surface area contributed by atoms with Gasteiger partial charge in [0.15, 0.2) is 12.4 Å². The minimum Gasteiger partial charge on any atom is -0.619 e. The van der Waals surface area contributed by atoms with Gasteiger partial charge in [0.2, 0.25) is 0 Å². The van der Waals surface area contributed by atoms with Gasteiger partial charge in [0.25, 0.3) is 0 Å². The summed E-state index contributed by atoms with van der Waals surface area (Å²) in [6.45, 7) is 4.92. The number of allylic oxidation sites excluding steroid dienone is 3. The predicted molar refractivity (Wildman–Crippen MR) is 106 cm³/mol. The SMILES string of the molecule is C[C@]12CC[C@H](O)CC1=CC[C@@H]1[C@@H]2CC[C@]2(C)C(c3ccc[n+]([O-])c3)=CC[C@@H]12. The van der Waals surface area contributed by atoms with E-state index in [0.29, 0.717) is 5.92 Å². The molecule has 144 valence electrons. The van der Waals surface area contributed by atoms with Crippen LogP contribution < -0.4 is 4.73 Å². The van der Waals surface area contributed by atoms with E-state index in [-0.39, 0.29) is 16.9 Å². The standard InChI is InChI=1S/C24H31NO2/c1-23-11-9-18(26)14-17(23)5-6-19-21-8-7-20(16-4-3-13-25(27)15-16)24(21,2)12-10-22(19)23/h3-5,7,13,15,18-19,21-22,26H,6,8-12,14H2,1-2H3/t18-,19-,21-,22-,23-,24+/m0/s1. The summed E-state index contributed by atoms with van der Waals surface area (Å²) in [5.41, 5.74) is 4.51. The van der Waals surface area contributed by atoms with Gasteiger partial charge in [-0.15, -0.1) is 0 Å². The van der Waals surface area contributed by atoms with Gasteiger partial charge < -0.3 is 10.3 Å². The summed E-state index contributed by atoms with van der Waals surface area (Å²) in [5.74, 6) is 2.15. The lowest BCUT2D eigenvalue weighted by Gasteiger charge is -2.57. The molecule has 0 saturated heterocycles. The first kappa shape index (κ1) is 17.5. The second kappa shape index (κ2) is 5.94. The minimum atomic E-state index is -0.133. The first-order valence-electron chi connectivity index (χ1n) is 10.7. The van der Waals surface area contributed by atoms with Crippen molar-refractivity contribution in [1.29, 1.82) is 0 Å². The summed E-state index contributed by atoms with van der Waals surface area (Å²) < 4.78 is 0.933. The van der Waals surface area contributed by atoms with Crippen LogP contribution in [0.4, 0.5) is 0 Å². The zero-order chi connectivity index (χ0) is 18.8. The lowest BCUT2D eigenvalue weighted by molar-refractivity contribution is -0.605. The average Bonchev–Trinajstić information content (AvgIpc) is 2.99. The van der Waals surface area contributed by atoms with Gasteiger partial charge in [-0.2, -0.15) is 4.73 Å². The van der Waals surface area contributed by atoms with Crippen molar-refractivity contribution in [3.63, 3.8) is 0 Å². The quantitative estimate of drug-likeness (QED) is 0.448. The van der Waals surface area contributed by atoms with Crippen molar-refractivity contribution in [3.8, 4) is 0 Å². The highest BCUT2D eigenvalue weighted by Crippen LogP contribution is 2.66. The number of aliphatic hydroxyl groups excluding tert-OH is 1. The molecule has 0 radical (unpaired) electrons. The van der Waals surface area contributed by atoms with E-state index in [1.54, 1.807) is 12.4 Å². The number of hydrogen-bond donors (Lipinski definition) is 1. The topological polar surface area (TPSA) is 47.2 Å². The molecule has 5 rings (SSSR count). The lowest BCUT2D eigenvalue weighted by atomic mass is 9.47. The Balaban J connectivity index is 1.48. The maximum atomic E-state index is 11.8. The molecule has 0 aliphatic heterocycles. The van der Waals surface area contributed by atoms with Crippen molar-refractivity contribution >= 4 is 5.57 Å². The number of fused-ring (bicyclic) bond motifs is 5. The summed E-state index contributed by atoms with van der Waals surface area (Å²) in [4.78, 5) is 0. The molecule has 1 N–H and O–H groups in total. The van der Waals surface area contributed by atoms with E-state index < -0.39 is 0 Å². The smallest absolute Gasteiger partial charge is 0.187 e. The van der Waals surface area contributed by atoms with E-state index in [4.69, 9.17) is 0 Å². The largest absolute Gasteiger partial charge is 0.619 e. The molecule has 0 aromatic carbocycles. The van der Waals surface area contributed by atoms with Crippen molar-refractivity contribution in [2.24, 2.45) is 28.6 Å². The van der Waals surface area contributed by atoms with Crippen LogP contribution >= 0.6 is 0 Å². The third kappa shape index (κ3) is 2.47. The minimum absolute atomic E-state index is 0.133. The van der Waals surface area contributed by atoms with Gasteiger partial charge in [0.1, 0.15) is 0 Å². The summed E-state index contributed by atoms with van der Waals surface area (Å²) >= 11 is 0. The van der Waals surface area contributed by atoms with Gasteiger partial charge in [-0.25, -0.2) is 0 Å². The molecule has 1 heterocycles. The molecule has 4 aliphatic carbocycles. The Labute approximate surface area is 162 Å². The van der Waals surface area contributed by atoms with Gasteiger partial charge in [0.05, 0.1) is 6.10 Å². The highest BCUT2D eigenvalue weighted by Gasteiger charge is 2.56. The Bertz CT molecular complexity index is 827. The molecule has 1 aromatic heterocycles. The highest BCUT2D eigenvalue weighted by atomic mass is 16.5. The Morgan fingerprint density at radius 2 is 1.89 bits per heavy atom. The van der Waals surface area contributed by atoms with Crippen LogP contribution in [-0.2, 0) is 0 Å². The van der Waals surface area contributed by atoms with Crippen molar-refractivity contribution in [3.05, 3.63) is 53.0 Å². The maximum Gasteiger partial charge on any atom is 0.187 e. The third-order valence-corrected chi connectivity index (χ3v) is 8.74. The average molecular weight is 366 g/mol. The van der Waals surface area contributed by atoms with E-state index in [1.807, 2.05) is 6.07 Å². The maximum absolute atomic E-state index is 11.8. The molecule has 0 amide bonds. The summed E-state index contributed by atoms with van der Waals surface area (Å²) in [5, 5.41) is 22.0. The second-order valence-corrected chi connectivity index (χ2v) is 9.92. The van der Waals surface area contributed by atoms with Crippen LogP contribution in [0.5, 0.6) is 0 Å². The van der Waals surface area contributed by atoms with Crippen LogP contribution in [0.15, 0.2) is 42.3 Å². The highest BCUT2D eigenvalue weighted by molar-refractivity contribution is 5.72. The number of nitrogens with zero attached hydrogens (tertiary/aromatic N) is 1. The monoisotopic (exact) mass is 365 g/mol. The van der Waals surface area contributed by atoms with E-state index >= 15 is 0 Å². The fourth-order valence-electron chi connectivity index (χ4n) is 7.27. The molecule has 27 heavy (non-hydrogen) atoms. The summed E-state index contributed by atoms with van der Waals surface area (Å²) in [7, 11) is 0. The molecule has 0 spiro atoms. The van der Waals surface area contributed by atoms with Gasteiger partial charge in [-0.1, -0.05) is 31.6 Å². The molecule has 0 unspecified atom stereocenters. The summed E-state index contributed by atoms with van der Waals surface area (Å²) in [6, 6.07) is 3.97. The van der Waals surface area contributed by atoms with Crippen molar-refractivity contribution in [1.82, 2.24) is 0 Å². The van der Waals surface area contributed by atoms with Crippen LogP contribution in [0.25, 0.3) is 5.57 Å². The molecule has 3 heteroatoms. The van der Waals surface area contributed by atoms with Crippen LogP contribution in [-0.4, -0.2) is 11.2 Å². The van der Waals surface area contributed by atoms with E-state index in [1.165, 1.54) is 30.4 Å². The van der Waals surface area contributed by atoms with Crippen molar-refractivity contribution in [2.75, 3.05) is 0 Å². The number of aromatic nitrogens is 1. The Hall–Kier alpha value is -1.61. The van der Waals surface area contributed by atoms with Crippen LogP contribution in [0.3, 0.4) is 0 Å². The van der Waals surface area contributed by atoms with Crippen LogP contribution in [0.1, 0.15) is 64.4 Å². The van der Waals surface area contributed by atoms with E-state index in [2.05, 4.69) is 32.1 Å². The fourth-order valence-corrected chi connectivity index (χ4v) is 7.27. The van der Waals surface area contributed by atoms with Gasteiger partial charge >= 0.3 is 0 Å². The van der Waals surface area contributed by atoms with Gasteiger partial charge in [-0.3, -0.25) is 0 Å². The number of aliphatic hydroxyl groups is 1. The van der Waals surface area contributed by atoms with E-state index in [9.17, 15) is 10.3 Å². The zero-order valence-corrected chi connectivity index (χ0v) is 16.5. The van der Waals surface area contributed by atoms with Crippen LogP contribution in [0.2, 0.25) is 0 Å². The predicted octanol–water partition coefficient (Wildman–Crippen LogP) is 4.64. The van der Waals surface area contributed by atoms with Crippen molar-refractivity contribution in [2.45, 2.75) is 64.9 Å². The molecule has 0 bridgehead atoms. The normalized spacial score (nSPS) is 43.2. The molecule has 3 nitrogen and oxygen atoms in total. The first-order chi connectivity index (χ1) is 12.9. The van der Waals surface area contributed by atoms with Gasteiger partial charge in [-0.05, 0) is 85.2 Å². The molecule has 4 aliphatic rings. The lowest BCUT2D eigenvalue weighted by Crippen LogP contribution is -2.49. The fraction of sp³-hybridized carbons (Fsp3) is 0.625. The van der Waals surface area contributed by atoms with Crippen molar-refractivity contribution < 1.29 is 9.84 Å². The Morgan fingerprint density at radius 3 is 2.70 bits per heavy atom. The summed E-state index contributed by atoms with van der Waals surface area (Å²) in [6.07, 6.45) is 15.9. The number of pyridine rings is 1. The third-order valence-electron chi connectivity index (χ3n) is 8.74. The van der Waals surface area contributed by atoms with E-state index in [0.717, 1.165) is 47.8 Å². The second-order valence-electron chi connectivity index (χ2n) is 9.92. The Morgan fingerprint density at radius 1 is 1.07 bits per heavy atom. The molecular formula is C24H31NO2. The molecule has 6 atom stereocenters. The molecule has 2 saturated carbocycles. The zero-order valence-electron chi connectivity index (χ0n) is 16.5. The molecular weight excluding hydrogens is 334 g/mol. The molecule has 2 fully saturated rings. The van der Waals surface area contributed by atoms with Crippen LogP contribution in [0, 0.1) is 33.8 Å².